The fourth-order valence-corrected chi connectivity index (χ4v) is 3.07. The van der Waals surface area contributed by atoms with Gasteiger partial charge in [-0.15, -0.1) is 0 Å². The SMILES string of the molecule is Cc1ccc2[nH]c(C(=O)N(Cc3ccccc3)C(C)C)c(C)c2c1. The Balaban J connectivity index is 1.97. The first kappa shape index (κ1) is 16.3. The van der Waals surface area contributed by atoms with Crippen LogP contribution in [0.25, 0.3) is 10.9 Å². The number of aromatic nitrogens is 1. The summed E-state index contributed by atoms with van der Waals surface area (Å²) in [5, 5.41) is 1.13. The van der Waals surface area contributed by atoms with Crippen molar-refractivity contribution in [2.45, 2.75) is 40.3 Å². The number of nitrogens with zero attached hydrogens (tertiary/aromatic N) is 1. The Morgan fingerprint density at radius 1 is 1.08 bits per heavy atom. The molecule has 0 aliphatic heterocycles. The minimum Gasteiger partial charge on any atom is -0.350 e. The number of nitrogens with one attached hydrogen (secondary N) is 1. The van der Waals surface area contributed by atoms with Gasteiger partial charge < -0.3 is 9.88 Å². The van der Waals surface area contributed by atoms with Crippen molar-refractivity contribution in [3.63, 3.8) is 0 Å². The van der Waals surface area contributed by atoms with E-state index in [9.17, 15) is 4.79 Å². The third-order valence-electron chi connectivity index (χ3n) is 4.51. The maximum Gasteiger partial charge on any atom is 0.271 e. The third kappa shape index (κ3) is 3.07. The van der Waals surface area contributed by atoms with Gasteiger partial charge in [-0.2, -0.15) is 0 Å². The summed E-state index contributed by atoms with van der Waals surface area (Å²) in [6.45, 7) is 8.83. The number of rotatable bonds is 4. The lowest BCUT2D eigenvalue weighted by atomic mass is 10.1. The number of hydrogen-bond acceptors (Lipinski definition) is 1. The van der Waals surface area contributed by atoms with Crippen molar-refractivity contribution < 1.29 is 4.79 Å². The molecule has 0 atom stereocenters. The molecule has 0 saturated heterocycles. The number of H-pyrrole nitrogens is 1. The van der Waals surface area contributed by atoms with Crippen LogP contribution >= 0.6 is 0 Å². The summed E-state index contributed by atoms with van der Waals surface area (Å²) in [5.74, 6) is 0.0557. The molecule has 0 saturated carbocycles. The molecule has 0 fully saturated rings. The van der Waals surface area contributed by atoms with Crippen LogP contribution in [0.1, 0.15) is 41.0 Å². The molecule has 0 spiro atoms. The Bertz CT molecular complexity index is 862. The van der Waals surface area contributed by atoms with Crippen LogP contribution in [-0.4, -0.2) is 21.8 Å². The second kappa shape index (κ2) is 6.52. The predicted octanol–water partition coefficient (Wildman–Crippen LogP) is 4.84. The van der Waals surface area contributed by atoms with Crippen LogP contribution in [0.5, 0.6) is 0 Å². The molecule has 3 nitrogen and oxygen atoms in total. The quantitative estimate of drug-likeness (QED) is 0.734. The second-order valence-corrected chi connectivity index (χ2v) is 6.69. The van der Waals surface area contributed by atoms with Crippen molar-refractivity contribution >= 4 is 16.8 Å². The molecule has 1 heterocycles. The lowest BCUT2D eigenvalue weighted by Gasteiger charge is -2.27. The molecule has 0 unspecified atom stereocenters. The molecule has 1 aromatic heterocycles. The van der Waals surface area contributed by atoms with Gasteiger partial charge in [0.2, 0.25) is 0 Å². The van der Waals surface area contributed by atoms with Crippen molar-refractivity contribution in [2.75, 3.05) is 0 Å². The van der Waals surface area contributed by atoms with Crippen LogP contribution in [0.15, 0.2) is 48.5 Å². The van der Waals surface area contributed by atoms with Crippen molar-refractivity contribution in [1.29, 1.82) is 0 Å². The first-order valence-corrected chi connectivity index (χ1v) is 8.41. The molecule has 0 aliphatic carbocycles. The van der Waals surface area contributed by atoms with Gasteiger partial charge in [0, 0.05) is 23.5 Å². The van der Waals surface area contributed by atoms with Gasteiger partial charge >= 0.3 is 0 Å². The fraction of sp³-hybridized carbons (Fsp3) is 0.286. The first-order chi connectivity index (χ1) is 11.5. The van der Waals surface area contributed by atoms with Crippen molar-refractivity contribution in [1.82, 2.24) is 9.88 Å². The van der Waals surface area contributed by atoms with Gasteiger partial charge in [-0.25, -0.2) is 0 Å². The van der Waals surface area contributed by atoms with Crippen LogP contribution in [-0.2, 0) is 6.54 Å². The van der Waals surface area contributed by atoms with Crippen LogP contribution < -0.4 is 0 Å². The minimum atomic E-state index is 0.0557. The number of aromatic amines is 1. The fourth-order valence-electron chi connectivity index (χ4n) is 3.07. The Labute approximate surface area is 143 Å². The average Bonchev–Trinajstić information content (AvgIpc) is 2.89. The monoisotopic (exact) mass is 320 g/mol. The molecule has 3 aromatic rings. The van der Waals surface area contributed by atoms with E-state index in [2.05, 4.69) is 50.0 Å². The van der Waals surface area contributed by atoms with Crippen molar-refractivity contribution in [3.05, 3.63) is 70.9 Å². The average molecular weight is 320 g/mol. The maximum atomic E-state index is 13.2. The molecule has 3 rings (SSSR count). The summed E-state index contributed by atoms with van der Waals surface area (Å²) >= 11 is 0. The second-order valence-electron chi connectivity index (χ2n) is 6.69. The van der Waals surface area contributed by atoms with Crippen LogP contribution in [0.3, 0.4) is 0 Å². The highest BCUT2D eigenvalue weighted by Gasteiger charge is 2.23. The zero-order valence-corrected chi connectivity index (χ0v) is 14.8. The van der Waals surface area contributed by atoms with E-state index in [4.69, 9.17) is 0 Å². The summed E-state index contributed by atoms with van der Waals surface area (Å²) in [4.78, 5) is 18.4. The third-order valence-corrected chi connectivity index (χ3v) is 4.51. The molecule has 3 heteroatoms. The summed E-state index contributed by atoms with van der Waals surface area (Å²) in [7, 11) is 0. The normalized spacial score (nSPS) is 11.2. The van der Waals surface area contributed by atoms with E-state index >= 15 is 0 Å². The van der Waals surface area contributed by atoms with E-state index in [0.29, 0.717) is 12.2 Å². The Morgan fingerprint density at radius 3 is 2.46 bits per heavy atom. The lowest BCUT2D eigenvalue weighted by molar-refractivity contribution is 0.0684. The summed E-state index contributed by atoms with van der Waals surface area (Å²) in [5.41, 5.74) is 5.08. The highest BCUT2D eigenvalue weighted by atomic mass is 16.2. The number of hydrogen-bond donors (Lipinski definition) is 1. The molecule has 124 valence electrons. The Kier molecular flexibility index (Phi) is 4.43. The number of benzene rings is 2. The van der Waals surface area contributed by atoms with Gasteiger partial charge in [0.25, 0.3) is 5.91 Å². The topological polar surface area (TPSA) is 36.1 Å². The minimum absolute atomic E-state index is 0.0557. The molecule has 1 N–H and O–H groups in total. The number of amides is 1. The number of carbonyl (C=O) groups is 1. The molecule has 24 heavy (non-hydrogen) atoms. The summed E-state index contributed by atoms with van der Waals surface area (Å²) in [6, 6.07) is 16.5. The molecule has 0 aliphatic rings. The Morgan fingerprint density at radius 2 is 1.79 bits per heavy atom. The zero-order chi connectivity index (χ0) is 17.3. The molecule has 0 radical (unpaired) electrons. The van der Waals surface area contributed by atoms with E-state index in [1.807, 2.05) is 36.1 Å². The van der Waals surface area contributed by atoms with Crippen LogP contribution in [0, 0.1) is 13.8 Å². The van der Waals surface area contributed by atoms with Crippen molar-refractivity contribution in [3.8, 4) is 0 Å². The number of aryl methyl sites for hydroxylation is 2. The van der Waals surface area contributed by atoms with Gasteiger partial charge in [-0.1, -0.05) is 42.0 Å². The number of fused-ring (bicyclic) bond motifs is 1. The first-order valence-electron chi connectivity index (χ1n) is 8.41. The van der Waals surface area contributed by atoms with E-state index in [1.165, 1.54) is 5.56 Å². The summed E-state index contributed by atoms with van der Waals surface area (Å²) in [6.07, 6.45) is 0. The largest absolute Gasteiger partial charge is 0.350 e. The van der Waals surface area contributed by atoms with Gasteiger partial charge in [-0.3, -0.25) is 4.79 Å². The standard InChI is InChI=1S/C21H24N2O/c1-14(2)23(13-17-8-6-5-7-9-17)21(24)20-16(4)18-12-15(3)10-11-19(18)22-20/h5-12,14,22H,13H2,1-4H3. The van der Waals surface area contributed by atoms with E-state index in [-0.39, 0.29) is 11.9 Å². The number of carbonyl (C=O) groups excluding carboxylic acids is 1. The molecule has 2 aromatic carbocycles. The molecule has 1 amide bonds. The van der Waals surface area contributed by atoms with Gasteiger partial charge in [0.1, 0.15) is 5.69 Å². The lowest BCUT2D eigenvalue weighted by Crippen LogP contribution is -2.36. The Hall–Kier alpha value is -2.55. The van der Waals surface area contributed by atoms with E-state index in [1.54, 1.807) is 0 Å². The predicted molar refractivity (Wildman–Crippen MR) is 99.2 cm³/mol. The summed E-state index contributed by atoms with van der Waals surface area (Å²) < 4.78 is 0. The maximum absolute atomic E-state index is 13.2. The highest BCUT2D eigenvalue weighted by Crippen LogP contribution is 2.25. The molecular weight excluding hydrogens is 296 g/mol. The zero-order valence-electron chi connectivity index (χ0n) is 14.8. The van der Waals surface area contributed by atoms with Gasteiger partial charge in [0.15, 0.2) is 0 Å². The molecular formula is C21H24N2O. The van der Waals surface area contributed by atoms with Gasteiger partial charge in [-0.05, 0) is 51.0 Å². The van der Waals surface area contributed by atoms with Crippen LogP contribution in [0.2, 0.25) is 0 Å². The van der Waals surface area contributed by atoms with E-state index < -0.39 is 0 Å². The van der Waals surface area contributed by atoms with Gasteiger partial charge in [0.05, 0.1) is 0 Å². The molecule has 0 bridgehead atoms. The van der Waals surface area contributed by atoms with E-state index in [0.717, 1.165) is 22.0 Å². The van der Waals surface area contributed by atoms with Crippen molar-refractivity contribution in [2.24, 2.45) is 0 Å². The van der Waals surface area contributed by atoms with Crippen LogP contribution in [0.4, 0.5) is 0 Å². The smallest absolute Gasteiger partial charge is 0.271 e. The highest BCUT2D eigenvalue weighted by molar-refractivity contribution is 6.01.